The van der Waals surface area contributed by atoms with Crippen LogP contribution in [0.5, 0.6) is 0 Å². The van der Waals surface area contributed by atoms with Crippen LogP contribution in [0.15, 0.2) is 43.0 Å². The highest BCUT2D eigenvalue weighted by atomic mass is 16.6. The maximum Gasteiger partial charge on any atom is 0.408 e. The molecule has 0 radical (unpaired) electrons. The van der Waals surface area contributed by atoms with Crippen LogP contribution >= 0.6 is 0 Å². The fraction of sp³-hybridized carbons (Fsp3) is 0.412. The molecule has 0 unspecified atom stereocenters. The van der Waals surface area contributed by atoms with Gasteiger partial charge in [-0.2, -0.15) is 0 Å². The summed E-state index contributed by atoms with van der Waals surface area (Å²) in [6.45, 7) is 9.02. The first-order chi connectivity index (χ1) is 10.3. The maximum atomic E-state index is 12.0. The summed E-state index contributed by atoms with van der Waals surface area (Å²) in [5.74, 6) is -0.510. The predicted molar refractivity (Wildman–Crippen MR) is 84.2 cm³/mol. The van der Waals surface area contributed by atoms with Crippen LogP contribution in [0.4, 0.5) is 4.79 Å². The zero-order valence-corrected chi connectivity index (χ0v) is 13.3. The van der Waals surface area contributed by atoms with Gasteiger partial charge in [0.25, 0.3) is 0 Å². The molecule has 1 aromatic rings. The number of alkyl carbamates (subject to hydrolysis) is 1. The lowest BCUT2D eigenvalue weighted by molar-refractivity contribution is -0.157. The monoisotopic (exact) mass is 305 g/mol. The first kappa shape index (κ1) is 17.8. The fourth-order valence-corrected chi connectivity index (χ4v) is 1.66. The van der Waals surface area contributed by atoms with Gasteiger partial charge in [-0.25, -0.2) is 9.59 Å². The van der Waals surface area contributed by atoms with Crippen molar-refractivity contribution in [1.29, 1.82) is 0 Å². The number of carbonyl (C=O) groups excluding carboxylic acids is 2. The minimum absolute atomic E-state index is 0.141. The Kier molecular flexibility index (Phi) is 6.63. The number of nitrogens with one attached hydrogen (secondary N) is 1. The highest BCUT2D eigenvalue weighted by Gasteiger charge is 2.26. The molecule has 0 saturated carbocycles. The largest absolute Gasteiger partial charge is 0.458 e. The Labute approximate surface area is 131 Å². The van der Waals surface area contributed by atoms with Crippen LogP contribution in [0, 0.1) is 0 Å². The Bertz CT molecular complexity index is 505. The van der Waals surface area contributed by atoms with Gasteiger partial charge in [0.2, 0.25) is 0 Å². The van der Waals surface area contributed by atoms with Gasteiger partial charge in [-0.1, -0.05) is 36.4 Å². The summed E-state index contributed by atoms with van der Waals surface area (Å²) in [7, 11) is 0. The number of esters is 1. The van der Waals surface area contributed by atoms with Gasteiger partial charge in [0, 0.05) is 0 Å². The second-order valence-electron chi connectivity index (χ2n) is 5.82. The summed E-state index contributed by atoms with van der Waals surface area (Å²) in [5, 5.41) is 2.50. The number of carbonyl (C=O) groups is 2. The Morgan fingerprint density at radius 2 is 1.91 bits per heavy atom. The van der Waals surface area contributed by atoms with Gasteiger partial charge < -0.3 is 14.8 Å². The first-order valence-corrected chi connectivity index (χ1v) is 7.13. The second-order valence-corrected chi connectivity index (χ2v) is 5.82. The average Bonchev–Trinajstić information content (AvgIpc) is 2.44. The lowest BCUT2D eigenvalue weighted by atomic mass is 10.1. The van der Waals surface area contributed by atoms with Crippen LogP contribution in [-0.4, -0.2) is 23.7 Å². The molecule has 0 heterocycles. The molecule has 1 aromatic carbocycles. The standard InChI is InChI=1S/C17H23NO4/c1-5-9-14(15(19)22-17(2,3)4)18-16(20)21-12-13-10-7-6-8-11-13/h5-8,10-11,14H,1,9,12H2,2-4H3,(H,18,20)/t14-/m0/s1. The second kappa shape index (κ2) is 8.22. The van der Waals surface area contributed by atoms with Crippen molar-refractivity contribution in [2.45, 2.75) is 45.4 Å². The molecule has 0 fully saturated rings. The van der Waals surface area contributed by atoms with Gasteiger partial charge in [-0.05, 0) is 32.8 Å². The number of hydrogen-bond donors (Lipinski definition) is 1. The van der Waals surface area contributed by atoms with E-state index in [0.717, 1.165) is 5.56 Å². The van der Waals surface area contributed by atoms with Gasteiger partial charge in [-0.15, -0.1) is 6.58 Å². The minimum atomic E-state index is -0.806. The molecule has 1 atom stereocenters. The normalized spacial score (nSPS) is 12.1. The summed E-state index contributed by atoms with van der Waals surface area (Å²) >= 11 is 0. The quantitative estimate of drug-likeness (QED) is 0.647. The first-order valence-electron chi connectivity index (χ1n) is 7.13. The topological polar surface area (TPSA) is 64.6 Å². The van der Waals surface area contributed by atoms with Gasteiger partial charge in [0.05, 0.1) is 0 Å². The van der Waals surface area contributed by atoms with Crippen LogP contribution < -0.4 is 5.32 Å². The van der Waals surface area contributed by atoms with E-state index in [4.69, 9.17) is 9.47 Å². The van der Waals surface area contributed by atoms with E-state index < -0.39 is 23.7 Å². The number of rotatable bonds is 6. The van der Waals surface area contributed by atoms with Crippen LogP contribution in [0.25, 0.3) is 0 Å². The highest BCUT2D eigenvalue weighted by Crippen LogP contribution is 2.10. The van der Waals surface area contributed by atoms with Crippen LogP contribution in [0.2, 0.25) is 0 Å². The van der Waals surface area contributed by atoms with Crippen molar-refractivity contribution in [2.75, 3.05) is 0 Å². The van der Waals surface area contributed by atoms with Crippen LogP contribution in [0.3, 0.4) is 0 Å². The average molecular weight is 305 g/mol. The summed E-state index contributed by atoms with van der Waals surface area (Å²) in [4.78, 5) is 23.8. The molecule has 5 nitrogen and oxygen atoms in total. The third-order valence-electron chi connectivity index (χ3n) is 2.60. The zero-order chi connectivity index (χ0) is 16.6. The van der Waals surface area contributed by atoms with Gasteiger partial charge >= 0.3 is 12.1 Å². The van der Waals surface area contributed by atoms with Crippen molar-refractivity contribution >= 4 is 12.1 Å². The molecule has 22 heavy (non-hydrogen) atoms. The van der Waals surface area contributed by atoms with E-state index in [9.17, 15) is 9.59 Å². The molecule has 0 aliphatic carbocycles. The summed E-state index contributed by atoms with van der Waals surface area (Å²) in [6, 6.07) is 8.49. The van der Waals surface area contributed by atoms with E-state index in [1.165, 1.54) is 0 Å². The molecule has 0 saturated heterocycles. The van der Waals surface area contributed by atoms with Crippen molar-refractivity contribution in [3.8, 4) is 0 Å². The maximum absolute atomic E-state index is 12.0. The Morgan fingerprint density at radius 3 is 2.45 bits per heavy atom. The van der Waals surface area contributed by atoms with Crippen LogP contribution in [-0.2, 0) is 20.9 Å². The molecule has 5 heteroatoms. The number of ether oxygens (including phenoxy) is 2. The van der Waals surface area contributed by atoms with Crippen LogP contribution in [0.1, 0.15) is 32.8 Å². The molecule has 0 bridgehead atoms. The highest BCUT2D eigenvalue weighted by molar-refractivity contribution is 5.81. The molecule has 1 amide bonds. The minimum Gasteiger partial charge on any atom is -0.458 e. The predicted octanol–water partition coefficient (Wildman–Crippen LogP) is 3.20. The van der Waals surface area contributed by atoms with E-state index >= 15 is 0 Å². The molecular weight excluding hydrogens is 282 g/mol. The number of benzene rings is 1. The lowest BCUT2D eigenvalue weighted by Crippen LogP contribution is -2.44. The van der Waals surface area contributed by atoms with E-state index in [1.54, 1.807) is 26.8 Å². The SMILES string of the molecule is C=CC[C@H](NC(=O)OCc1ccccc1)C(=O)OC(C)(C)C. The summed E-state index contributed by atoms with van der Waals surface area (Å²) in [6.07, 6.45) is 1.16. The van der Waals surface area contributed by atoms with Crippen molar-refractivity contribution in [1.82, 2.24) is 5.32 Å². The zero-order valence-electron chi connectivity index (χ0n) is 13.3. The van der Waals surface area contributed by atoms with E-state index in [1.807, 2.05) is 30.3 Å². The molecular formula is C17H23NO4. The smallest absolute Gasteiger partial charge is 0.408 e. The summed E-state index contributed by atoms with van der Waals surface area (Å²) in [5.41, 5.74) is 0.252. The lowest BCUT2D eigenvalue weighted by Gasteiger charge is -2.23. The number of hydrogen-bond acceptors (Lipinski definition) is 4. The third kappa shape index (κ3) is 6.92. The Morgan fingerprint density at radius 1 is 1.27 bits per heavy atom. The van der Waals surface area contributed by atoms with Gasteiger partial charge in [0.15, 0.2) is 0 Å². The van der Waals surface area contributed by atoms with Crippen molar-refractivity contribution < 1.29 is 19.1 Å². The third-order valence-corrected chi connectivity index (χ3v) is 2.60. The van der Waals surface area contributed by atoms with E-state index in [0.29, 0.717) is 0 Å². The Balaban J connectivity index is 2.53. The molecule has 0 aliphatic rings. The van der Waals surface area contributed by atoms with Crippen molar-refractivity contribution in [2.24, 2.45) is 0 Å². The van der Waals surface area contributed by atoms with Gasteiger partial charge in [-0.3, -0.25) is 0 Å². The molecule has 1 rings (SSSR count). The van der Waals surface area contributed by atoms with E-state index in [-0.39, 0.29) is 13.0 Å². The molecule has 0 aromatic heterocycles. The van der Waals surface area contributed by atoms with Gasteiger partial charge in [0.1, 0.15) is 18.2 Å². The molecule has 120 valence electrons. The molecule has 0 aliphatic heterocycles. The van der Waals surface area contributed by atoms with Crippen molar-refractivity contribution in [3.63, 3.8) is 0 Å². The molecule has 1 N–H and O–H groups in total. The fourth-order valence-electron chi connectivity index (χ4n) is 1.66. The van der Waals surface area contributed by atoms with E-state index in [2.05, 4.69) is 11.9 Å². The molecule has 0 spiro atoms. The Hall–Kier alpha value is -2.30. The summed E-state index contributed by atoms with van der Waals surface area (Å²) < 4.78 is 10.4. The number of amides is 1. The van der Waals surface area contributed by atoms with Crippen molar-refractivity contribution in [3.05, 3.63) is 48.6 Å².